The number of amides is 2. The van der Waals surface area contributed by atoms with Crippen LogP contribution >= 0.6 is 11.3 Å². The summed E-state index contributed by atoms with van der Waals surface area (Å²) in [5.74, 6) is 0. The predicted molar refractivity (Wildman–Crippen MR) is 83.2 cm³/mol. The first kappa shape index (κ1) is 13.3. The molecule has 3 rings (SSSR count). The second-order valence-electron chi connectivity index (χ2n) is 4.36. The molecule has 0 aliphatic carbocycles. The van der Waals surface area contributed by atoms with Crippen LogP contribution in [0.3, 0.4) is 0 Å². The van der Waals surface area contributed by atoms with Gasteiger partial charge in [-0.15, -0.1) is 11.3 Å². The van der Waals surface area contributed by atoms with Crippen molar-refractivity contribution in [2.75, 3.05) is 10.6 Å². The molecule has 0 spiro atoms. The Kier molecular flexibility index (Phi) is 3.41. The monoisotopic (exact) mass is 300 g/mol. The summed E-state index contributed by atoms with van der Waals surface area (Å²) in [4.78, 5) is 28.6. The zero-order valence-electron chi connectivity index (χ0n) is 11.2. The predicted octanol–water partition coefficient (Wildman–Crippen LogP) is 2.71. The van der Waals surface area contributed by atoms with E-state index in [4.69, 9.17) is 0 Å². The van der Waals surface area contributed by atoms with Crippen molar-refractivity contribution in [1.82, 2.24) is 9.38 Å². The lowest BCUT2D eigenvalue weighted by Gasteiger charge is -2.09. The standard InChI is InChI=1S/C14H12N4O2S/c1-9-12(17-14(20)16-11-6-4-8-21-11)13(19)18-7-3-2-5-10(18)15-9/h2-8H,1H3,(H2,16,17,20). The number of aryl methyl sites for hydroxylation is 1. The lowest BCUT2D eigenvalue weighted by molar-refractivity contribution is 0.262. The summed E-state index contributed by atoms with van der Waals surface area (Å²) in [6.07, 6.45) is 1.62. The first-order valence-electron chi connectivity index (χ1n) is 6.24. The van der Waals surface area contributed by atoms with Gasteiger partial charge in [-0.3, -0.25) is 14.5 Å². The number of aromatic nitrogens is 2. The average molecular weight is 300 g/mol. The molecule has 3 aromatic heterocycles. The van der Waals surface area contributed by atoms with Gasteiger partial charge in [-0.25, -0.2) is 9.78 Å². The van der Waals surface area contributed by atoms with E-state index in [2.05, 4.69) is 15.6 Å². The molecule has 0 saturated heterocycles. The third kappa shape index (κ3) is 2.63. The lowest BCUT2D eigenvalue weighted by atomic mass is 10.3. The van der Waals surface area contributed by atoms with E-state index < -0.39 is 6.03 Å². The van der Waals surface area contributed by atoms with E-state index in [9.17, 15) is 9.59 Å². The summed E-state index contributed by atoms with van der Waals surface area (Å²) in [5.41, 5.74) is 0.893. The number of hydrogen-bond donors (Lipinski definition) is 2. The second-order valence-corrected chi connectivity index (χ2v) is 5.31. The molecule has 0 fully saturated rings. The Labute approximate surface area is 124 Å². The molecule has 7 heteroatoms. The first-order valence-corrected chi connectivity index (χ1v) is 7.12. The van der Waals surface area contributed by atoms with Gasteiger partial charge in [0.2, 0.25) is 0 Å². The Balaban J connectivity index is 1.93. The number of thiophene rings is 1. The van der Waals surface area contributed by atoms with Gasteiger partial charge in [0.05, 0.1) is 10.7 Å². The van der Waals surface area contributed by atoms with E-state index in [0.29, 0.717) is 16.3 Å². The van der Waals surface area contributed by atoms with Crippen LogP contribution in [0.5, 0.6) is 0 Å². The summed E-state index contributed by atoms with van der Waals surface area (Å²) in [7, 11) is 0. The summed E-state index contributed by atoms with van der Waals surface area (Å²) >= 11 is 1.40. The van der Waals surface area contributed by atoms with Gasteiger partial charge in [0.1, 0.15) is 11.3 Å². The summed E-state index contributed by atoms with van der Waals surface area (Å²) in [5, 5.41) is 7.80. The first-order chi connectivity index (χ1) is 10.1. The van der Waals surface area contributed by atoms with Gasteiger partial charge in [-0.1, -0.05) is 6.07 Å². The van der Waals surface area contributed by atoms with Gasteiger partial charge >= 0.3 is 6.03 Å². The normalized spacial score (nSPS) is 10.5. The highest BCUT2D eigenvalue weighted by molar-refractivity contribution is 7.14. The maximum Gasteiger partial charge on any atom is 0.324 e. The minimum Gasteiger partial charge on any atom is -0.301 e. The molecule has 0 aliphatic heterocycles. The van der Waals surface area contributed by atoms with Gasteiger partial charge < -0.3 is 5.32 Å². The van der Waals surface area contributed by atoms with Crippen LogP contribution in [0.1, 0.15) is 5.69 Å². The minimum atomic E-state index is -0.463. The highest BCUT2D eigenvalue weighted by Crippen LogP contribution is 2.15. The van der Waals surface area contributed by atoms with E-state index in [1.165, 1.54) is 15.7 Å². The van der Waals surface area contributed by atoms with Crippen molar-refractivity contribution in [2.45, 2.75) is 6.92 Å². The number of rotatable bonds is 2. The van der Waals surface area contributed by atoms with Gasteiger partial charge in [0.15, 0.2) is 0 Å². The number of carbonyl (C=O) groups is 1. The quantitative estimate of drug-likeness (QED) is 0.764. The fraction of sp³-hybridized carbons (Fsp3) is 0.0714. The SMILES string of the molecule is Cc1nc2ccccn2c(=O)c1NC(=O)Nc1cccs1. The topological polar surface area (TPSA) is 75.5 Å². The maximum atomic E-state index is 12.4. The van der Waals surface area contributed by atoms with Crippen LogP contribution in [0, 0.1) is 6.92 Å². The molecule has 0 atom stereocenters. The van der Waals surface area contributed by atoms with Gasteiger partial charge in [-0.05, 0) is 36.6 Å². The Bertz CT molecular complexity index is 855. The van der Waals surface area contributed by atoms with Crippen LogP contribution in [-0.2, 0) is 0 Å². The number of hydrogen-bond acceptors (Lipinski definition) is 4. The van der Waals surface area contributed by atoms with Crippen LogP contribution in [0.25, 0.3) is 5.65 Å². The van der Waals surface area contributed by atoms with Crippen molar-refractivity contribution in [3.05, 3.63) is 58.0 Å². The molecular formula is C14H12N4O2S. The van der Waals surface area contributed by atoms with Crippen LogP contribution in [0.15, 0.2) is 46.7 Å². The van der Waals surface area contributed by atoms with Crippen molar-refractivity contribution in [1.29, 1.82) is 0 Å². The van der Waals surface area contributed by atoms with Crippen LogP contribution in [-0.4, -0.2) is 15.4 Å². The molecule has 21 heavy (non-hydrogen) atoms. The molecule has 0 aliphatic rings. The molecule has 0 radical (unpaired) electrons. The van der Waals surface area contributed by atoms with Crippen LogP contribution in [0.4, 0.5) is 15.5 Å². The van der Waals surface area contributed by atoms with E-state index in [0.717, 1.165) is 0 Å². The summed E-state index contributed by atoms with van der Waals surface area (Å²) < 4.78 is 1.40. The molecule has 3 heterocycles. The zero-order chi connectivity index (χ0) is 14.8. The fourth-order valence-electron chi connectivity index (χ4n) is 1.95. The average Bonchev–Trinajstić information content (AvgIpc) is 2.96. The van der Waals surface area contributed by atoms with Gasteiger partial charge in [-0.2, -0.15) is 0 Å². The number of pyridine rings is 1. The highest BCUT2D eigenvalue weighted by atomic mass is 32.1. The number of anilines is 2. The fourth-order valence-corrected chi connectivity index (χ4v) is 2.56. The number of nitrogens with one attached hydrogen (secondary N) is 2. The van der Waals surface area contributed by atoms with Crippen molar-refractivity contribution in [3.8, 4) is 0 Å². The van der Waals surface area contributed by atoms with Crippen LogP contribution in [0.2, 0.25) is 0 Å². The molecule has 0 unspecified atom stereocenters. The Hall–Kier alpha value is -2.67. The molecule has 0 aromatic carbocycles. The molecule has 0 bridgehead atoms. The molecule has 106 valence electrons. The van der Waals surface area contributed by atoms with E-state index in [1.54, 1.807) is 37.4 Å². The van der Waals surface area contributed by atoms with Crippen molar-refractivity contribution in [2.24, 2.45) is 0 Å². The second kappa shape index (κ2) is 5.37. The Morgan fingerprint density at radius 1 is 1.24 bits per heavy atom. The number of fused-ring (bicyclic) bond motifs is 1. The molecule has 0 saturated carbocycles. The smallest absolute Gasteiger partial charge is 0.301 e. The molecule has 2 N–H and O–H groups in total. The molecule has 3 aromatic rings. The number of nitrogens with zero attached hydrogens (tertiary/aromatic N) is 2. The zero-order valence-corrected chi connectivity index (χ0v) is 12.0. The van der Waals surface area contributed by atoms with E-state index in [-0.39, 0.29) is 11.2 Å². The Morgan fingerprint density at radius 2 is 2.10 bits per heavy atom. The summed E-state index contributed by atoms with van der Waals surface area (Å²) in [6, 6.07) is 8.43. The van der Waals surface area contributed by atoms with E-state index >= 15 is 0 Å². The molecule has 2 amide bonds. The third-order valence-corrected chi connectivity index (χ3v) is 3.70. The van der Waals surface area contributed by atoms with Gasteiger partial charge in [0.25, 0.3) is 5.56 Å². The number of carbonyl (C=O) groups excluding carboxylic acids is 1. The molecular weight excluding hydrogens is 288 g/mol. The highest BCUT2D eigenvalue weighted by Gasteiger charge is 2.12. The third-order valence-electron chi connectivity index (χ3n) is 2.91. The van der Waals surface area contributed by atoms with Crippen molar-refractivity contribution < 1.29 is 4.79 Å². The van der Waals surface area contributed by atoms with Crippen molar-refractivity contribution >= 4 is 33.7 Å². The maximum absolute atomic E-state index is 12.4. The van der Waals surface area contributed by atoms with Crippen molar-refractivity contribution in [3.63, 3.8) is 0 Å². The number of urea groups is 1. The largest absolute Gasteiger partial charge is 0.324 e. The lowest BCUT2D eigenvalue weighted by Crippen LogP contribution is -2.27. The summed E-state index contributed by atoms with van der Waals surface area (Å²) in [6.45, 7) is 1.69. The van der Waals surface area contributed by atoms with E-state index in [1.807, 2.05) is 11.4 Å². The molecule has 6 nitrogen and oxygen atoms in total. The minimum absolute atomic E-state index is 0.174. The van der Waals surface area contributed by atoms with Crippen LogP contribution < -0.4 is 16.2 Å². The van der Waals surface area contributed by atoms with Gasteiger partial charge in [0, 0.05) is 6.20 Å². The Morgan fingerprint density at radius 3 is 2.86 bits per heavy atom.